The summed E-state index contributed by atoms with van der Waals surface area (Å²) in [4.78, 5) is 1.13. The molecule has 0 radical (unpaired) electrons. The van der Waals surface area contributed by atoms with E-state index in [1.165, 1.54) is 11.1 Å². The molecule has 2 rings (SSSR count). The van der Waals surface area contributed by atoms with Gasteiger partial charge >= 0.3 is 0 Å². The lowest BCUT2D eigenvalue weighted by Crippen LogP contribution is -1.88. The third-order valence-electron chi connectivity index (χ3n) is 2.53. The minimum absolute atomic E-state index is 0.842. The van der Waals surface area contributed by atoms with Gasteiger partial charge < -0.3 is 5.73 Å². The number of thioether (sulfide) groups is 1. The van der Waals surface area contributed by atoms with Gasteiger partial charge in [0.1, 0.15) is 0 Å². The van der Waals surface area contributed by atoms with Crippen molar-refractivity contribution >= 4 is 29.6 Å². The summed E-state index contributed by atoms with van der Waals surface area (Å²) in [7, 11) is 0. The Morgan fingerprint density at radius 1 is 0.941 bits per heavy atom. The van der Waals surface area contributed by atoms with Crippen LogP contribution >= 0.6 is 11.8 Å². The van der Waals surface area contributed by atoms with Crippen molar-refractivity contribution in [3.8, 4) is 0 Å². The number of nitrogen functional groups attached to an aromatic ring is 1. The quantitative estimate of drug-likeness (QED) is 0.496. The van der Waals surface area contributed by atoms with Crippen LogP contribution in [0.15, 0.2) is 53.4 Å². The van der Waals surface area contributed by atoms with Crippen LogP contribution < -0.4 is 5.73 Å². The molecule has 2 aromatic rings. The molecule has 0 unspecified atom stereocenters. The fraction of sp³-hybridized carbons (Fsp3) is 0.0667. The minimum atomic E-state index is 0.842. The van der Waals surface area contributed by atoms with Gasteiger partial charge in [-0.25, -0.2) is 0 Å². The molecule has 0 fully saturated rings. The molecule has 0 heterocycles. The summed E-state index contributed by atoms with van der Waals surface area (Å²) < 4.78 is 0. The largest absolute Gasteiger partial charge is 0.398 e. The van der Waals surface area contributed by atoms with E-state index in [1.54, 1.807) is 11.8 Å². The zero-order valence-corrected chi connectivity index (χ0v) is 10.6. The predicted octanol–water partition coefficient (Wildman–Crippen LogP) is 4.16. The third-order valence-corrected chi connectivity index (χ3v) is 3.32. The molecule has 86 valence electrons. The fourth-order valence-electron chi connectivity index (χ4n) is 1.59. The Balaban J connectivity index is 2.22. The van der Waals surface area contributed by atoms with Crippen molar-refractivity contribution in [1.82, 2.24) is 0 Å². The Kier molecular flexibility index (Phi) is 3.89. The second-order valence-corrected chi connectivity index (χ2v) is 4.59. The topological polar surface area (TPSA) is 26.0 Å². The summed E-state index contributed by atoms with van der Waals surface area (Å²) in [6, 6.07) is 16.4. The van der Waals surface area contributed by atoms with Gasteiger partial charge in [-0.1, -0.05) is 48.6 Å². The lowest BCUT2D eigenvalue weighted by molar-refractivity contribution is 1.45. The number of nitrogens with two attached hydrogens (primary N) is 1. The molecule has 2 heteroatoms. The van der Waals surface area contributed by atoms with Gasteiger partial charge in [0.2, 0.25) is 0 Å². The maximum Gasteiger partial charge on any atom is 0.0452 e. The summed E-state index contributed by atoms with van der Waals surface area (Å²) in [6.45, 7) is 0. The van der Waals surface area contributed by atoms with Crippen LogP contribution in [0.2, 0.25) is 0 Å². The summed E-state index contributed by atoms with van der Waals surface area (Å²) in [5.74, 6) is 0. The van der Waals surface area contributed by atoms with Crippen LogP contribution in [0.25, 0.3) is 12.2 Å². The van der Waals surface area contributed by atoms with Crippen molar-refractivity contribution in [2.45, 2.75) is 4.90 Å². The normalized spacial score (nSPS) is 10.9. The molecule has 0 aliphatic carbocycles. The molecule has 0 atom stereocenters. The second-order valence-electron chi connectivity index (χ2n) is 3.75. The molecule has 0 saturated carbocycles. The van der Waals surface area contributed by atoms with Crippen molar-refractivity contribution in [3.63, 3.8) is 0 Å². The molecule has 0 spiro atoms. The van der Waals surface area contributed by atoms with Gasteiger partial charge in [0, 0.05) is 10.6 Å². The van der Waals surface area contributed by atoms with Crippen LogP contribution in [-0.4, -0.2) is 6.26 Å². The van der Waals surface area contributed by atoms with Crippen LogP contribution in [0.4, 0.5) is 5.69 Å². The van der Waals surface area contributed by atoms with Crippen molar-refractivity contribution in [2.75, 3.05) is 12.0 Å². The smallest absolute Gasteiger partial charge is 0.0452 e. The zero-order valence-electron chi connectivity index (χ0n) is 9.76. The van der Waals surface area contributed by atoms with E-state index in [0.717, 1.165) is 10.6 Å². The molecule has 1 nitrogen and oxygen atoms in total. The molecular weight excluding hydrogens is 226 g/mol. The summed E-state index contributed by atoms with van der Waals surface area (Å²) >= 11 is 1.67. The van der Waals surface area contributed by atoms with E-state index < -0.39 is 0 Å². The average Bonchev–Trinajstić information content (AvgIpc) is 2.39. The molecule has 0 amide bonds. The van der Waals surface area contributed by atoms with E-state index in [9.17, 15) is 0 Å². The average molecular weight is 241 g/mol. The number of benzene rings is 2. The third kappa shape index (κ3) is 3.14. The van der Waals surface area contributed by atoms with Gasteiger partial charge in [-0.2, -0.15) is 0 Å². The molecule has 0 saturated heterocycles. The van der Waals surface area contributed by atoms with Gasteiger partial charge in [0.05, 0.1) is 0 Å². The highest BCUT2D eigenvalue weighted by molar-refractivity contribution is 7.98. The van der Waals surface area contributed by atoms with E-state index in [-0.39, 0.29) is 0 Å². The standard InChI is InChI=1S/C15H15NS/c1-17-15-11-13(9-10-14(15)16)8-7-12-5-3-2-4-6-12/h2-11H,16H2,1H3/b8-7-. The molecule has 0 aliphatic heterocycles. The van der Waals surface area contributed by atoms with Gasteiger partial charge in [0.15, 0.2) is 0 Å². The highest BCUT2D eigenvalue weighted by Gasteiger charge is 1.97. The van der Waals surface area contributed by atoms with Crippen molar-refractivity contribution in [3.05, 3.63) is 59.7 Å². The molecule has 2 N–H and O–H groups in total. The first-order chi connectivity index (χ1) is 8.29. The first-order valence-corrected chi connectivity index (χ1v) is 6.69. The van der Waals surface area contributed by atoms with E-state index in [2.05, 4.69) is 30.4 Å². The number of hydrogen-bond donors (Lipinski definition) is 1. The summed E-state index contributed by atoms with van der Waals surface area (Å²) in [6.07, 6.45) is 6.25. The lowest BCUT2D eigenvalue weighted by Gasteiger charge is -2.03. The van der Waals surface area contributed by atoms with Gasteiger partial charge in [-0.15, -0.1) is 11.8 Å². The van der Waals surface area contributed by atoms with Gasteiger partial charge in [-0.3, -0.25) is 0 Å². The molecular formula is C15H15NS. The molecule has 0 aliphatic rings. The first kappa shape index (κ1) is 11.8. The fourth-order valence-corrected chi connectivity index (χ4v) is 2.15. The second kappa shape index (κ2) is 5.60. The molecule has 2 aromatic carbocycles. The van der Waals surface area contributed by atoms with Crippen molar-refractivity contribution in [2.24, 2.45) is 0 Å². The van der Waals surface area contributed by atoms with Crippen molar-refractivity contribution < 1.29 is 0 Å². The van der Waals surface area contributed by atoms with E-state index in [1.807, 2.05) is 36.6 Å². The van der Waals surface area contributed by atoms with Gasteiger partial charge in [-0.05, 0) is 29.5 Å². The predicted molar refractivity (Wildman–Crippen MR) is 78.0 cm³/mol. The Morgan fingerprint density at radius 2 is 1.65 bits per heavy atom. The van der Waals surface area contributed by atoms with Crippen LogP contribution in [0.1, 0.15) is 11.1 Å². The maximum absolute atomic E-state index is 5.86. The minimum Gasteiger partial charge on any atom is -0.398 e. The lowest BCUT2D eigenvalue weighted by atomic mass is 10.1. The van der Waals surface area contributed by atoms with E-state index in [0.29, 0.717) is 0 Å². The number of rotatable bonds is 3. The molecule has 17 heavy (non-hydrogen) atoms. The van der Waals surface area contributed by atoms with E-state index in [4.69, 9.17) is 5.73 Å². The van der Waals surface area contributed by atoms with Crippen LogP contribution in [-0.2, 0) is 0 Å². The Labute approximate surface area is 106 Å². The highest BCUT2D eigenvalue weighted by Crippen LogP contribution is 2.24. The highest BCUT2D eigenvalue weighted by atomic mass is 32.2. The summed E-state index contributed by atoms with van der Waals surface area (Å²) in [5, 5.41) is 0. The van der Waals surface area contributed by atoms with Crippen LogP contribution in [0.3, 0.4) is 0 Å². The Hall–Kier alpha value is -1.67. The van der Waals surface area contributed by atoms with E-state index >= 15 is 0 Å². The first-order valence-electron chi connectivity index (χ1n) is 5.46. The summed E-state index contributed by atoms with van der Waals surface area (Å²) in [5.41, 5.74) is 9.08. The molecule has 0 bridgehead atoms. The van der Waals surface area contributed by atoms with Gasteiger partial charge in [0.25, 0.3) is 0 Å². The molecule has 0 aromatic heterocycles. The van der Waals surface area contributed by atoms with Crippen LogP contribution in [0, 0.1) is 0 Å². The zero-order chi connectivity index (χ0) is 12.1. The number of hydrogen-bond acceptors (Lipinski definition) is 2. The Bertz CT molecular complexity index is 518. The van der Waals surface area contributed by atoms with Crippen LogP contribution in [0.5, 0.6) is 0 Å². The maximum atomic E-state index is 5.86. The van der Waals surface area contributed by atoms with Crippen molar-refractivity contribution in [1.29, 1.82) is 0 Å². The number of anilines is 1. The Morgan fingerprint density at radius 3 is 2.35 bits per heavy atom. The SMILES string of the molecule is CSc1cc(/C=C\c2ccccc2)ccc1N. The monoisotopic (exact) mass is 241 g/mol.